The van der Waals surface area contributed by atoms with Gasteiger partial charge in [-0.2, -0.15) is 4.98 Å². The molecular formula is C18H16ClFN4O3. The number of aliphatic hydroxyl groups excluding tert-OH is 1. The van der Waals surface area contributed by atoms with E-state index in [1.54, 1.807) is 30.3 Å². The molecule has 0 spiro atoms. The van der Waals surface area contributed by atoms with Crippen molar-refractivity contribution >= 4 is 23.2 Å². The highest BCUT2D eigenvalue weighted by Gasteiger charge is 2.14. The molecule has 3 rings (SSSR count). The van der Waals surface area contributed by atoms with E-state index in [9.17, 15) is 14.0 Å². The fraction of sp³-hybridized carbons (Fsp3) is 0.167. The summed E-state index contributed by atoms with van der Waals surface area (Å²) in [4.78, 5) is 28.8. The molecule has 0 unspecified atom stereocenters. The monoisotopic (exact) mass is 390 g/mol. The van der Waals surface area contributed by atoms with Crippen molar-refractivity contribution in [1.82, 2.24) is 14.1 Å². The Morgan fingerprint density at radius 2 is 1.85 bits per heavy atom. The van der Waals surface area contributed by atoms with Crippen molar-refractivity contribution in [1.29, 1.82) is 0 Å². The summed E-state index contributed by atoms with van der Waals surface area (Å²) in [5, 5.41) is 12.5. The molecule has 0 atom stereocenters. The quantitative estimate of drug-likeness (QED) is 0.672. The number of nitrogens with zero attached hydrogens (tertiary/aromatic N) is 3. The van der Waals surface area contributed by atoms with E-state index in [1.807, 2.05) is 0 Å². The first-order chi connectivity index (χ1) is 13.0. The van der Waals surface area contributed by atoms with Crippen molar-refractivity contribution in [3.63, 3.8) is 0 Å². The maximum absolute atomic E-state index is 13.4. The van der Waals surface area contributed by atoms with Crippen LogP contribution >= 0.6 is 11.6 Å². The molecule has 27 heavy (non-hydrogen) atoms. The van der Waals surface area contributed by atoms with Crippen LogP contribution in [0.1, 0.15) is 5.56 Å². The van der Waals surface area contributed by atoms with Gasteiger partial charge in [0.1, 0.15) is 5.82 Å². The van der Waals surface area contributed by atoms with Gasteiger partial charge in [0.05, 0.1) is 19.7 Å². The van der Waals surface area contributed by atoms with Gasteiger partial charge in [-0.1, -0.05) is 29.8 Å². The normalized spacial score (nSPS) is 10.8. The van der Waals surface area contributed by atoms with Crippen molar-refractivity contribution in [2.75, 3.05) is 11.9 Å². The third-order valence-electron chi connectivity index (χ3n) is 3.81. The van der Waals surface area contributed by atoms with Crippen LogP contribution in [-0.2, 0) is 13.1 Å². The maximum atomic E-state index is 13.4. The summed E-state index contributed by atoms with van der Waals surface area (Å²) >= 11 is 5.88. The second-order valence-corrected chi connectivity index (χ2v) is 6.16. The van der Waals surface area contributed by atoms with Crippen LogP contribution < -0.4 is 16.7 Å². The van der Waals surface area contributed by atoms with Crippen molar-refractivity contribution < 1.29 is 9.50 Å². The average molecular weight is 391 g/mol. The number of rotatable bonds is 6. The van der Waals surface area contributed by atoms with Gasteiger partial charge in [-0.25, -0.2) is 18.5 Å². The van der Waals surface area contributed by atoms with Crippen molar-refractivity contribution in [2.24, 2.45) is 0 Å². The Hall–Kier alpha value is -2.97. The number of halogens is 2. The van der Waals surface area contributed by atoms with Crippen LogP contribution in [0.4, 0.5) is 16.0 Å². The van der Waals surface area contributed by atoms with Gasteiger partial charge in [-0.05, 0) is 35.9 Å². The van der Waals surface area contributed by atoms with Crippen LogP contribution in [0.25, 0.3) is 0 Å². The molecule has 1 aromatic heterocycles. The van der Waals surface area contributed by atoms with Crippen LogP contribution in [0.5, 0.6) is 0 Å². The standard InChI is InChI=1S/C18H16ClFN4O3/c19-13-6-4-12(5-7-13)11-24-16(21-15-3-1-2-14(20)10-15)22-17(26)23(8-9-25)18(24)27/h1-7,10,25H,8-9,11H2,(H,21,22,26). The minimum Gasteiger partial charge on any atom is -0.395 e. The van der Waals surface area contributed by atoms with Gasteiger partial charge in [-0.15, -0.1) is 0 Å². The maximum Gasteiger partial charge on any atom is 0.355 e. The fourth-order valence-corrected chi connectivity index (χ4v) is 2.65. The van der Waals surface area contributed by atoms with E-state index in [-0.39, 0.29) is 25.6 Å². The number of aromatic nitrogens is 3. The summed E-state index contributed by atoms with van der Waals surface area (Å²) in [6, 6.07) is 12.4. The SMILES string of the molecule is O=c1nc(Nc2cccc(F)c2)n(Cc2ccc(Cl)cc2)c(=O)n1CCO. The third-order valence-corrected chi connectivity index (χ3v) is 4.06. The topological polar surface area (TPSA) is 89.2 Å². The molecule has 2 aromatic carbocycles. The second-order valence-electron chi connectivity index (χ2n) is 5.72. The molecule has 3 aromatic rings. The average Bonchev–Trinajstić information content (AvgIpc) is 2.63. The van der Waals surface area contributed by atoms with Gasteiger partial charge in [0.2, 0.25) is 5.95 Å². The molecule has 2 N–H and O–H groups in total. The predicted molar refractivity (Wildman–Crippen MR) is 100 cm³/mol. The van der Waals surface area contributed by atoms with Crippen LogP contribution in [0, 0.1) is 5.82 Å². The zero-order valence-corrected chi connectivity index (χ0v) is 14.9. The molecule has 7 nitrogen and oxygen atoms in total. The van der Waals surface area contributed by atoms with E-state index in [2.05, 4.69) is 10.3 Å². The zero-order chi connectivity index (χ0) is 19.4. The lowest BCUT2D eigenvalue weighted by molar-refractivity contribution is 0.268. The summed E-state index contributed by atoms with van der Waals surface area (Å²) in [5.41, 5.74) is -0.357. The molecule has 0 radical (unpaired) electrons. The Morgan fingerprint density at radius 1 is 1.11 bits per heavy atom. The van der Waals surface area contributed by atoms with E-state index in [0.717, 1.165) is 10.1 Å². The summed E-state index contributed by atoms with van der Waals surface area (Å²) in [6.45, 7) is -0.452. The number of anilines is 2. The van der Waals surface area contributed by atoms with Gasteiger partial charge >= 0.3 is 11.4 Å². The minimum atomic E-state index is -0.805. The molecule has 9 heteroatoms. The van der Waals surface area contributed by atoms with Gasteiger partial charge in [0.15, 0.2) is 0 Å². The highest BCUT2D eigenvalue weighted by molar-refractivity contribution is 6.30. The largest absolute Gasteiger partial charge is 0.395 e. The smallest absolute Gasteiger partial charge is 0.355 e. The summed E-state index contributed by atoms with van der Waals surface area (Å²) in [5.74, 6) is -0.500. The summed E-state index contributed by atoms with van der Waals surface area (Å²) in [6.07, 6.45) is 0. The first kappa shape index (κ1) is 18.8. The Balaban J connectivity index is 2.08. The van der Waals surface area contributed by atoms with Crippen LogP contribution in [0.2, 0.25) is 5.02 Å². The van der Waals surface area contributed by atoms with Gasteiger partial charge < -0.3 is 10.4 Å². The van der Waals surface area contributed by atoms with Gasteiger partial charge in [0, 0.05) is 10.7 Å². The van der Waals surface area contributed by atoms with Crippen LogP contribution in [0.3, 0.4) is 0 Å². The first-order valence-corrected chi connectivity index (χ1v) is 8.45. The van der Waals surface area contributed by atoms with Crippen molar-refractivity contribution in [3.05, 3.63) is 85.9 Å². The highest BCUT2D eigenvalue weighted by atomic mass is 35.5. The molecule has 0 fully saturated rings. The molecule has 0 bridgehead atoms. The third kappa shape index (κ3) is 4.42. The highest BCUT2D eigenvalue weighted by Crippen LogP contribution is 2.16. The molecule has 0 amide bonds. The van der Waals surface area contributed by atoms with E-state index in [1.165, 1.54) is 22.8 Å². The number of nitrogens with one attached hydrogen (secondary N) is 1. The Morgan fingerprint density at radius 3 is 2.52 bits per heavy atom. The number of benzene rings is 2. The number of hydrogen-bond acceptors (Lipinski definition) is 5. The first-order valence-electron chi connectivity index (χ1n) is 8.07. The number of aliphatic hydroxyl groups is 1. The molecule has 0 aliphatic heterocycles. The van der Waals surface area contributed by atoms with E-state index < -0.39 is 17.2 Å². The summed E-state index contributed by atoms with van der Waals surface area (Å²) < 4.78 is 15.5. The molecular weight excluding hydrogens is 375 g/mol. The lowest BCUT2D eigenvalue weighted by Gasteiger charge is -2.15. The van der Waals surface area contributed by atoms with E-state index >= 15 is 0 Å². The van der Waals surface area contributed by atoms with E-state index in [4.69, 9.17) is 16.7 Å². The molecule has 1 heterocycles. The van der Waals surface area contributed by atoms with Crippen molar-refractivity contribution in [2.45, 2.75) is 13.1 Å². The van der Waals surface area contributed by atoms with Crippen LogP contribution in [0.15, 0.2) is 58.1 Å². The lowest BCUT2D eigenvalue weighted by atomic mass is 10.2. The molecule has 0 aliphatic carbocycles. The molecule has 0 saturated heterocycles. The van der Waals surface area contributed by atoms with Gasteiger partial charge in [-0.3, -0.25) is 4.57 Å². The fourth-order valence-electron chi connectivity index (χ4n) is 2.53. The Kier molecular flexibility index (Phi) is 5.68. The zero-order valence-electron chi connectivity index (χ0n) is 14.1. The Labute approximate surface area is 158 Å². The summed E-state index contributed by atoms with van der Waals surface area (Å²) in [7, 11) is 0. The second kappa shape index (κ2) is 8.15. The molecule has 0 aliphatic rings. The lowest BCUT2D eigenvalue weighted by Crippen LogP contribution is -2.43. The molecule has 140 valence electrons. The predicted octanol–water partition coefficient (Wildman–Crippen LogP) is 1.98. The minimum absolute atomic E-state index is 0.0280. The van der Waals surface area contributed by atoms with Crippen molar-refractivity contribution in [3.8, 4) is 0 Å². The Bertz CT molecular complexity index is 1060. The van der Waals surface area contributed by atoms with Gasteiger partial charge in [0.25, 0.3) is 0 Å². The van der Waals surface area contributed by atoms with E-state index in [0.29, 0.717) is 10.7 Å². The van der Waals surface area contributed by atoms with Crippen LogP contribution in [-0.4, -0.2) is 25.8 Å². The molecule has 0 saturated carbocycles. The number of hydrogen-bond donors (Lipinski definition) is 2.